The molecular weight excluding hydrogens is 312 g/mol. The molecular formula is C22H24O3. The first kappa shape index (κ1) is 16.2. The predicted molar refractivity (Wildman–Crippen MR) is 99.1 cm³/mol. The molecule has 0 N–H and O–H groups in total. The lowest BCUT2D eigenvalue weighted by Gasteiger charge is -2.32. The molecule has 1 saturated carbocycles. The van der Waals surface area contributed by atoms with Gasteiger partial charge < -0.3 is 14.2 Å². The van der Waals surface area contributed by atoms with Gasteiger partial charge in [0.25, 0.3) is 0 Å². The van der Waals surface area contributed by atoms with Crippen LogP contribution >= 0.6 is 0 Å². The van der Waals surface area contributed by atoms with E-state index in [1.165, 1.54) is 24.8 Å². The minimum atomic E-state index is -0.332. The van der Waals surface area contributed by atoms with Crippen molar-refractivity contribution in [3.63, 3.8) is 0 Å². The van der Waals surface area contributed by atoms with E-state index in [1.807, 2.05) is 30.3 Å². The Morgan fingerprint density at radius 1 is 0.920 bits per heavy atom. The second-order valence-electron chi connectivity index (χ2n) is 6.71. The molecule has 0 spiro atoms. The summed E-state index contributed by atoms with van der Waals surface area (Å²) in [7, 11) is 1.68. The number of hydrogen-bond donors (Lipinski definition) is 0. The molecule has 2 aromatic rings. The molecule has 1 aliphatic heterocycles. The molecule has 0 aromatic heterocycles. The van der Waals surface area contributed by atoms with E-state index in [4.69, 9.17) is 14.2 Å². The summed E-state index contributed by atoms with van der Waals surface area (Å²) in [5, 5.41) is 0. The number of benzene rings is 2. The van der Waals surface area contributed by atoms with Gasteiger partial charge in [-0.15, -0.1) is 0 Å². The summed E-state index contributed by atoms with van der Waals surface area (Å²) in [6, 6.07) is 16.3. The van der Waals surface area contributed by atoms with Crippen molar-refractivity contribution < 1.29 is 14.2 Å². The number of ether oxygens (including phenoxy) is 3. The molecule has 1 atom stereocenters. The third-order valence-electron chi connectivity index (χ3n) is 5.01. The third kappa shape index (κ3) is 3.57. The van der Waals surface area contributed by atoms with E-state index in [0.717, 1.165) is 35.5 Å². The first-order valence-corrected chi connectivity index (χ1v) is 9.10. The first-order valence-electron chi connectivity index (χ1n) is 9.10. The first-order chi connectivity index (χ1) is 12.3. The molecule has 0 radical (unpaired) electrons. The van der Waals surface area contributed by atoms with E-state index in [1.54, 1.807) is 7.11 Å². The van der Waals surface area contributed by atoms with Crippen LogP contribution in [0.25, 0.3) is 11.8 Å². The van der Waals surface area contributed by atoms with Gasteiger partial charge in [0, 0.05) is 11.1 Å². The highest BCUT2D eigenvalue weighted by Gasteiger charge is 2.27. The van der Waals surface area contributed by atoms with Gasteiger partial charge in [-0.3, -0.25) is 0 Å². The standard InChI is InChI=1S/C22H24O3/c1-23-18-13-11-16(12-14-18)21-15-17-7-5-6-10-20(17)22(25-21)24-19-8-3-2-4-9-19/h5-7,10-15,19,22H,2-4,8-9H2,1H3. The van der Waals surface area contributed by atoms with Crippen molar-refractivity contribution in [2.45, 2.75) is 44.5 Å². The van der Waals surface area contributed by atoms with Crippen LogP contribution in [0.1, 0.15) is 55.1 Å². The van der Waals surface area contributed by atoms with E-state index < -0.39 is 0 Å². The van der Waals surface area contributed by atoms with Crippen LogP contribution in [-0.2, 0) is 9.47 Å². The minimum absolute atomic E-state index is 0.294. The van der Waals surface area contributed by atoms with Gasteiger partial charge in [-0.25, -0.2) is 0 Å². The molecule has 3 heteroatoms. The maximum atomic E-state index is 6.37. The van der Waals surface area contributed by atoms with Crippen molar-refractivity contribution in [3.05, 3.63) is 65.2 Å². The largest absolute Gasteiger partial charge is 0.497 e. The van der Waals surface area contributed by atoms with Gasteiger partial charge in [-0.1, -0.05) is 43.5 Å². The van der Waals surface area contributed by atoms with Crippen LogP contribution in [0.3, 0.4) is 0 Å². The lowest BCUT2D eigenvalue weighted by atomic mass is 9.97. The fourth-order valence-electron chi connectivity index (χ4n) is 3.59. The quantitative estimate of drug-likeness (QED) is 0.730. The maximum absolute atomic E-state index is 6.37. The molecule has 1 aliphatic carbocycles. The second-order valence-corrected chi connectivity index (χ2v) is 6.71. The SMILES string of the molecule is COc1ccc(C2=Cc3ccccc3C(OC3CCCCC3)O2)cc1. The average Bonchev–Trinajstić information content (AvgIpc) is 2.69. The lowest BCUT2D eigenvalue weighted by Crippen LogP contribution is -2.23. The Morgan fingerprint density at radius 2 is 1.68 bits per heavy atom. The van der Waals surface area contributed by atoms with Crippen molar-refractivity contribution in [1.82, 2.24) is 0 Å². The second kappa shape index (κ2) is 7.32. The molecule has 3 nitrogen and oxygen atoms in total. The summed E-state index contributed by atoms with van der Waals surface area (Å²) in [4.78, 5) is 0. The van der Waals surface area contributed by atoms with E-state index in [0.29, 0.717) is 6.10 Å². The Morgan fingerprint density at radius 3 is 2.44 bits per heavy atom. The average molecular weight is 336 g/mol. The Labute approximate surface area is 149 Å². The van der Waals surface area contributed by atoms with Gasteiger partial charge in [-0.05, 0) is 48.7 Å². The van der Waals surface area contributed by atoms with Crippen molar-refractivity contribution in [3.8, 4) is 5.75 Å². The molecule has 0 bridgehead atoms. The fourth-order valence-corrected chi connectivity index (χ4v) is 3.59. The normalized spacial score (nSPS) is 20.4. The summed E-state index contributed by atoms with van der Waals surface area (Å²) in [6.45, 7) is 0. The smallest absolute Gasteiger partial charge is 0.227 e. The Balaban J connectivity index is 1.61. The molecule has 1 unspecified atom stereocenters. The maximum Gasteiger partial charge on any atom is 0.227 e. The molecule has 4 rings (SSSR count). The summed E-state index contributed by atoms with van der Waals surface area (Å²) in [5.41, 5.74) is 3.32. The Bertz CT molecular complexity index is 742. The van der Waals surface area contributed by atoms with E-state index in [2.05, 4.69) is 24.3 Å². The Kier molecular flexibility index (Phi) is 4.75. The number of methoxy groups -OCH3 is 1. The Hall–Kier alpha value is -2.26. The van der Waals surface area contributed by atoms with Crippen molar-refractivity contribution >= 4 is 11.8 Å². The highest BCUT2D eigenvalue weighted by Crippen LogP contribution is 2.38. The molecule has 25 heavy (non-hydrogen) atoms. The number of hydrogen-bond acceptors (Lipinski definition) is 3. The van der Waals surface area contributed by atoms with E-state index in [-0.39, 0.29) is 6.29 Å². The zero-order valence-electron chi connectivity index (χ0n) is 14.6. The van der Waals surface area contributed by atoms with Crippen LogP contribution in [0.5, 0.6) is 5.75 Å². The molecule has 2 aromatic carbocycles. The monoisotopic (exact) mass is 336 g/mol. The van der Waals surface area contributed by atoms with Gasteiger partial charge in [0.2, 0.25) is 6.29 Å². The zero-order chi connectivity index (χ0) is 17.1. The molecule has 0 amide bonds. The molecule has 130 valence electrons. The van der Waals surface area contributed by atoms with Crippen molar-refractivity contribution in [2.75, 3.05) is 7.11 Å². The van der Waals surface area contributed by atoms with Crippen LogP contribution in [-0.4, -0.2) is 13.2 Å². The van der Waals surface area contributed by atoms with Crippen molar-refractivity contribution in [1.29, 1.82) is 0 Å². The van der Waals surface area contributed by atoms with Crippen molar-refractivity contribution in [2.24, 2.45) is 0 Å². The van der Waals surface area contributed by atoms with E-state index >= 15 is 0 Å². The fraction of sp³-hybridized carbons (Fsp3) is 0.364. The minimum Gasteiger partial charge on any atom is -0.497 e. The van der Waals surface area contributed by atoms with Crippen LogP contribution in [0.2, 0.25) is 0 Å². The van der Waals surface area contributed by atoms with Gasteiger partial charge >= 0.3 is 0 Å². The summed E-state index contributed by atoms with van der Waals surface area (Å²) < 4.78 is 17.9. The van der Waals surface area contributed by atoms with Gasteiger partial charge in [0.05, 0.1) is 13.2 Å². The number of fused-ring (bicyclic) bond motifs is 1. The summed E-state index contributed by atoms with van der Waals surface area (Å²) in [6.07, 6.45) is 8.13. The summed E-state index contributed by atoms with van der Waals surface area (Å²) >= 11 is 0. The van der Waals surface area contributed by atoms with Gasteiger partial charge in [-0.2, -0.15) is 0 Å². The summed E-state index contributed by atoms with van der Waals surface area (Å²) in [5.74, 6) is 1.69. The number of rotatable bonds is 4. The predicted octanol–water partition coefficient (Wildman–Crippen LogP) is 5.57. The van der Waals surface area contributed by atoms with Gasteiger partial charge in [0.1, 0.15) is 11.5 Å². The van der Waals surface area contributed by atoms with E-state index in [9.17, 15) is 0 Å². The van der Waals surface area contributed by atoms with Gasteiger partial charge in [0.15, 0.2) is 0 Å². The molecule has 2 aliphatic rings. The zero-order valence-corrected chi connectivity index (χ0v) is 14.6. The third-order valence-corrected chi connectivity index (χ3v) is 5.01. The topological polar surface area (TPSA) is 27.7 Å². The van der Waals surface area contributed by atoms with Crippen LogP contribution in [0.15, 0.2) is 48.5 Å². The molecule has 0 saturated heterocycles. The van der Waals surface area contributed by atoms with Crippen LogP contribution in [0.4, 0.5) is 0 Å². The molecule has 1 fully saturated rings. The molecule has 1 heterocycles. The van der Waals surface area contributed by atoms with Crippen LogP contribution < -0.4 is 4.74 Å². The highest BCUT2D eigenvalue weighted by molar-refractivity contribution is 5.80. The highest BCUT2D eigenvalue weighted by atomic mass is 16.7. The lowest BCUT2D eigenvalue weighted by molar-refractivity contribution is -0.146. The van der Waals surface area contributed by atoms with Crippen LogP contribution in [0, 0.1) is 0 Å².